The van der Waals surface area contributed by atoms with Crippen LogP contribution >= 0.6 is 0 Å². The molecule has 11 aromatic rings. The van der Waals surface area contributed by atoms with Crippen LogP contribution in [0, 0.1) is 12.1 Å². The van der Waals surface area contributed by atoms with E-state index in [1.165, 1.54) is 27.8 Å². The summed E-state index contributed by atoms with van der Waals surface area (Å²) < 4.78 is 15.3. The summed E-state index contributed by atoms with van der Waals surface area (Å²) >= 11 is 0. The Morgan fingerprint density at radius 1 is 0.603 bits per heavy atom. The Morgan fingerprint density at radius 3 is 2.01 bits per heavy atom. The smallest absolute Gasteiger partial charge is 0.218 e. The van der Waals surface area contributed by atoms with Gasteiger partial charge >= 0.3 is 0 Å². The normalized spacial score (nSPS) is 12.1. The number of aromatic nitrogens is 5. The molecule has 11 rings (SSSR count). The van der Waals surface area contributed by atoms with Gasteiger partial charge in [0.2, 0.25) is 17.3 Å². The molecule has 0 saturated carbocycles. The first-order valence-electron chi connectivity index (χ1n) is 23.3. The molecular formula is C60H55IrN5O2-2. The van der Waals surface area contributed by atoms with Crippen molar-refractivity contribution in [3.05, 3.63) is 174 Å². The van der Waals surface area contributed by atoms with E-state index in [1.54, 1.807) is 0 Å². The summed E-state index contributed by atoms with van der Waals surface area (Å²) in [5, 5.41) is 4.11. The number of benzene rings is 6. The van der Waals surface area contributed by atoms with Gasteiger partial charge in [-0.15, -0.1) is 54.1 Å². The molecule has 343 valence electrons. The van der Waals surface area contributed by atoms with Crippen molar-refractivity contribution in [3.8, 4) is 39.5 Å². The average molecular weight is 1070 g/mol. The van der Waals surface area contributed by atoms with E-state index in [1.807, 2.05) is 48.7 Å². The first-order chi connectivity index (χ1) is 32.1. The minimum absolute atomic E-state index is 0. The summed E-state index contributed by atoms with van der Waals surface area (Å²) in [4.78, 5) is 19.4. The maximum Gasteiger partial charge on any atom is 0.218 e. The van der Waals surface area contributed by atoms with Gasteiger partial charge in [-0.1, -0.05) is 147 Å². The number of fused-ring (bicyclic) bond motifs is 7. The zero-order chi connectivity index (χ0) is 46.8. The number of pyridine rings is 2. The van der Waals surface area contributed by atoms with E-state index >= 15 is 0 Å². The number of furan rings is 1. The average Bonchev–Trinajstić information content (AvgIpc) is 4.04. The number of nitrogens with zero attached hydrogens (tertiary/aromatic N) is 5. The van der Waals surface area contributed by atoms with Gasteiger partial charge in [0.1, 0.15) is 0 Å². The van der Waals surface area contributed by atoms with Crippen molar-refractivity contribution in [1.82, 2.24) is 24.5 Å². The summed E-state index contributed by atoms with van der Waals surface area (Å²) in [6.07, 6.45) is 1.87. The summed E-state index contributed by atoms with van der Waals surface area (Å²) in [6.45, 7) is 22.0. The largest absolute Gasteiger partial charge is 0.486 e. The molecule has 0 bridgehead atoms. The number of hydrogen-bond acceptors (Lipinski definition) is 6. The first-order valence-corrected chi connectivity index (χ1v) is 23.3. The van der Waals surface area contributed by atoms with Crippen LogP contribution in [0.3, 0.4) is 0 Å². The zero-order valence-electron chi connectivity index (χ0n) is 40.3. The quantitative estimate of drug-likeness (QED) is 0.154. The van der Waals surface area contributed by atoms with E-state index in [-0.39, 0.29) is 42.8 Å². The van der Waals surface area contributed by atoms with Crippen LogP contribution < -0.4 is 0 Å². The van der Waals surface area contributed by atoms with Crippen molar-refractivity contribution in [1.29, 1.82) is 0 Å². The maximum absolute atomic E-state index is 6.67. The van der Waals surface area contributed by atoms with Crippen LogP contribution in [0.1, 0.15) is 104 Å². The number of oxazole rings is 1. The van der Waals surface area contributed by atoms with Gasteiger partial charge in [0.25, 0.3) is 0 Å². The topological polar surface area (TPSA) is 82.8 Å². The Balaban J connectivity index is 0.000000289. The van der Waals surface area contributed by atoms with E-state index in [2.05, 4.69) is 182 Å². The van der Waals surface area contributed by atoms with Crippen LogP contribution in [-0.2, 0) is 30.9 Å². The Labute approximate surface area is 412 Å². The molecule has 0 aliphatic rings. The van der Waals surface area contributed by atoms with Gasteiger partial charge in [0.05, 0.1) is 22.4 Å². The van der Waals surface area contributed by atoms with Gasteiger partial charge in [-0.05, 0) is 86.5 Å². The third-order valence-corrected chi connectivity index (χ3v) is 12.5. The van der Waals surface area contributed by atoms with Crippen molar-refractivity contribution in [3.63, 3.8) is 0 Å². The molecule has 0 fully saturated rings. The molecule has 8 heteroatoms. The van der Waals surface area contributed by atoms with Crippen LogP contribution in [0.5, 0.6) is 0 Å². The van der Waals surface area contributed by atoms with Gasteiger partial charge < -0.3 is 18.4 Å². The fourth-order valence-corrected chi connectivity index (χ4v) is 8.94. The van der Waals surface area contributed by atoms with Crippen molar-refractivity contribution < 1.29 is 28.9 Å². The van der Waals surface area contributed by atoms with E-state index < -0.39 is 0 Å². The zero-order valence-corrected chi connectivity index (χ0v) is 42.7. The molecule has 0 spiro atoms. The Hall–Kier alpha value is -6.73. The van der Waals surface area contributed by atoms with Crippen LogP contribution in [0.15, 0.2) is 148 Å². The SMILES string of the molecule is CC(C)(C)c1ccnc(-c2[c-]cccc2)c1.CC(C)c1cc(-c2ccccc2)cc(C(C)C)c1-n1c(-c2[c-]ccc3c2oc2nc4nc(C(C)(C)C)oc4cc23)nc2ccc3ccccc3c21.[Ir]. The minimum Gasteiger partial charge on any atom is -0.486 e. The van der Waals surface area contributed by atoms with Crippen molar-refractivity contribution in [2.24, 2.45) is 0 Å². The molecular weight excluding hydrogens is 1010 g/mol. The number of imidazole rings is 1. The third kappa shape index (κ3) is 8.57. The van der Waals surface area contributed by atoms with Gasteiger partial charge in [-0.3, -0.25) is 4.98 Å². The van der Waals surface area contributed by atoms with Gasteiger partial charge in [-0.2, -0.15) is 9.97 Å². The summed E-state index contributed by atoms with van der Waals surface area (Å²) in [5.41, 5.74) is 14.5. The van der Waals surface area contributed by atoms with Crippen molar-refractivity contribution >= 4 is 55.1 Å². The molecule has 68 heavy (non-hydrogen) atoms. The van der Waals surface area contributed by atoms with Crippen molar-refractivity contribution in [2.45, 2.75) is 91.9 Å². The van der Waals surface area contributed by atoms with Gasteiger partial charge in [0.15, 0.2) is 5.58 Å². The van der Waals surface area contributed by atoms with Crippen LogP contribution in [0.2, 0.25) is 0 Å². The fourth-order valence-electron chi connectivity index (χ4n) is 8.94. The summed E-state index contributed by atoms with van der Waals surface area (Å²) in [7, 11) is 0. The van der Waals surface area contributed by atoms with E-state index in [9.17, 15) is 0 Å². The van der Waals surface area contributed by atoms with Crippen LogP contribution in [-0.4, -0.2) is 24.5 Å². The van der Waals surface area contributed by atoms with Gasteiger partial charge in [-0.25, -0.2) is 0 Å². The molecule has 1 radical (unpaired) electrons. The molecule has 0 N–H and O–H groups in total. The predicted octanol–water partition coefficient (Wildman–Crippen LogP) is 16.1. The molecule has 7 nitrogen and oxygen atoms in total. The Bertz CT molecular complexity index is 3580. The molecule has 0 unspecified atom stereocenters. The Morgan fingerprint density at radius 2 is 1.32 bits per heavy atom. The molecule has 0 amide bonds. The van der Waals surface area contributed by atoms with E-state index in [4.69, 9.17) is 23.8 Å². The van der Waals surface area contributed by atoms with Crippen LogP contribution in [0.25, 0.3) is 94.6 Å². The van der Waals surface area contributed by atoms with Gasteiger partial charge in [0, 0.05) is 48.2 Å². The molecule has 5 aromatic heterocycles. The van der Waals surface area contributed by atoms with Crippen molar-refractivity contribution in [2.75, 3.05) is 0 Å². The van der Waals surface area contributed by atoms with Crippen LogP contribution in [0.4, 0.5) is 0 Å². The second-order valence-electron chi connectivity index (χ2n) is 20.2. The monoisotopic (exact) mass is 1070 g/mol. The van der Waals surface area contributed by atoms with E-state index in [0.29, 0.717) is 28.4 Å². The summed E-state index contributed by atoms with van der Waals surface area (Å²) in [6, 6.07) is 53.2. The number of hydrogen-bond donors (Lipinski definition) is 0. The fraction of sp³-hybridized carbons (Fsp3) is 0.233. The third-order valence-electron chi connectivity index (χ3n) is 12.5. The number of rotatable bonds is 6. The molecule has 0 atom stereocenters. The standard InChI is InChI=1S/C45H39N4O2.C15H16N.Ir/c1-25(2)33-22-29(27-14-9-8-10-15-27)23-34(26(3)4)38(33)49-39-30-17-12-11-16-28(30)20-21-36(39)46-42(49)32-19-13-18-31-35-24-37-41(47-43(35)51-40(31)32)48-44(50-37)45(5,6)7;1-15(2,3)13-9-10-16-14(11-13)12-7-5-4-6-8-12;/h8-18,20-26H,1-7H3;4-7,9-11H,1-3H3;/q2*-1;. The predicted molar refractivity (Wildman–Crippen MR) is 275 cm³/mol. The Kier molecular flexibility index (Phi) is 12.3. The summed E-state index contributed by atoms with van der Waals surface area (Å²) in [5.74, 6) is 1.89. The minimum atomic E-state index is -0.238. The maximum atomic E-state index is 6.67. The second-order valence-corrected chi connectivity index (χ2v) is 20.2. The molecule has 0 aliphatic carbocycles. The van der Waals surface area contributed by atoms with E-state index in [0.717, 1.165) is 60.9 Å². The second kappa shape index (κ2) is 18.1. The molecule has 0 aliphatic heterocycles. The first kappa shape index (κ1) is 46.4. The molecule has 6 aromatic carbocycles. The molecule has 5 heterocycles. The molecule has 0 saturated heterocycles.